The van der Waals surface area contributed by atoms with E-state index in [-0.39, 0.29) is 21.1 Å². The molecule has 0 aromatic rings. The van der Waals surface area contributed by atoms with Crippen LogP contribution in [0.2, 0.25) is 0 Å². The molecule has 12 heavy (non-hydrogen) atoms. The van der Waals surface area contributed by atoms with Crippen molar-refractivity contribution in [1.29, 1.82) is 0 Å². The minimum absolute atomic E-state index is 0. The van der Waals surface area contributed by atoms with Crippen molar-refractivity contribution in [3.05, 3.63) is 22.8 Å². The fraction of sp³-hybridized carbons (Fsp3) is 0.636. The van der Waals surface area contributed by atoms with E-state index in [9.17, 15) is 0 Å². The summed E-state index contributed by atoms with van der Waals surface area (Å²) in [6, 6.07) is 0. The van der Waals surface area contributed by atoms with Gasteiger partial charge < -0.3 is 0 Å². The van der Waals surface area contributed by atoms with E-state index >= 15 is 0 Å². The van der Waals surface area contributed by atoms with Crippen LogP contribution in [0.25, 0.3) is 0 Å². The quantitative estimate of drug-likeness (QED) is 0.626. The van der Waals surface area contributed by atoms with E-state index in [1.165, 1.54) is 36.8 Å². The standard InChI is InChI=1S/C11H18.Pt/c1-9-7-5-4-6-8-10(2)11(9)3;/h7H,4-6,8H2,1-3H3;. The maximum absolute atomic E-state index is 2.37. The zero-order valence-electron chi connectivity index (χ0n) is 8.22. The summed E-state index contributed by atoms with van der Waals surface area (Å²) in [6.45, 7) is 6.73. The van der Waals surface area contributed by atoms with Crippen LogP contribution in [0.15, 0.2) is 22.8 Å². The second-order valence-electron chi connectivity index (χ2n) is 3.54. The van der Waals surface area contributed by atoms with Gasteiger partial charge in [0.2, 0.25) is 0 Å². The third-order valence-corrected chi connectivity index (χ3v) is 2.69. The van der Waals surface area contributed by atoms with Gasteiger partial charge in [0.05, 0.1) is 0 Å². The largest absolute Gasteiger partial charge is 0.0813 e. The first-order chi connectivity index (χ1) is 5.22. The number of hydrogen-bond acceptors (Lipinski definition) is 0. The molecule has 0 aromatic heterocycles. The summed E-state index contributed by atoms with van der Waals surface area (Å²) in [7, 11) is 0. The number of allylic oxidation sites excluding steroid dienone is 4. The van der Waals surface area contributed by atoms with Gasteiger partial charge in [0.25, 0.3) is 0 Å². The Morgan fingerprint density at radius 2 is 1.75 bits per heavy atom. The van der Waals surface area contributed by atoms with Gasteiger partial charge in [0.1, 0.15) is 0 Å². The fourth-order valence-corrected chi connectivity index (χ4v) is 1.53. The van der Waals surface area contributed by atoms with E-state index in [0.717, 1.165) is 0 Å². The van der Waals surface area contributed by atoms with Gasteiger partial charge in [-0.3, -0.25) is 0 Å². The van der Waals surface area contributed by atoms with Crippen LogP contribution in [-0.2, 0) is 21.1 Å². The summed E-state index contributed by atoms with van der Waals surface area (Å²) in [5, 5.41) is 0. The molecule has 1 aliphatic rings. The second kappa shape index (κ2) is 5.75. The van der Waals surface area contributed by atoms with Gasteiger partial charge in [0, 0.05) is 21.1 Å². The molecule has 0 heterocycles. The molecule has 0 amide bonds. The molecular formula is C11H18Pt. The summed E-state index contributed by atoms with van der Waals surface area (Å²) < 4.78 is 0. The van der Waals surface area contributed by atoms with Crippen LogP contribution in [0, 0.1) is 0 Å². The molecule has 0 nitrogen and oxygen atoms in total. The summed E-state index contributed by atoms with van der Waals surface area (Å²) in [4.78, 5) is 0. The van der Waals surface area contributed by atoms with Crippen molar-refractivity contribution in [3.63, 3.8) is 0 Å². The molecule has 0 saturated heterocycles. The Hall–Kier alpha value is 0.168. The first kappa shape index (κ1) is 12.2. The van der Waals surface area contributed by atoms with E-state index in [4.69, 9.17) is 0 Å². The number of hydrogen-bond donors (Lipinski definition) is 0. The van der Waals surface area contributed by atoms with Crippen LogP contribution in [0.3, 0.4) is 0 Å². The Morgan fingerprint density at radius 1 is 1.08 bits per heavy atom. The number of rotatable bonds is 0. The summed E-state index contributed by atoms with van der Waals surface area (Å²) >= 11 is 0. The van der Waals surface area contributed by atoms with E-state index in [1.54, 1.807) is 5.57 Å². The summed E-state index contributed by atoms with van der Waals surface area (Å²) in [6.07, 6.45) is 7.68. The normalized spacial score (nSPS) is 19.1. The van der Waals surface area contributed by atoms with Gasteiger partial charge in [-0.15, -0.1) is 0 Å². The van der Waals surface area contributed by atoms with Gasteiger partial charge in [0.15, 0.2) is 0 Å². The van der Waals surface area contributed by atoms with E-state index < -0.39 is 0 Å². The Kier molecular flexibility index (Phi) is 5.83. The molecule has 72 valence electrons. The van der Waals surface area contributed by atoms with Crippen molar-refractivity contribution in [2.45, 2.75) is 46.5 Å². The van der Waals surface area contributed by atoms with Crippen LogP contribution in [-0.4, -0.2) is 0 Å². The molecule has 1 rings (SSSR count). The van der Waals surface area contributed by atoms with Gasteiger partial charge in [-0.2, -0.15) is 0 Å². The maximum Gasteiger partial charge on any atom is 0 e. The van der Waals surface area contributed by atoms with Crippen molar-refractivity contribution >= 4 is 0 Å². The third-order valence-electron chi connectivity index (χ3n) is 2.69. The Morgan fingerprint density at radius 3 is 2.42 bits per heavy atom. The van der Waals surface area contributed by atoms with E-state index in [1.807, 2.05) is 0 Å². The average Bonchev–Trinajstić information content (AvgIpc) is 2.00. The molecule has 0 unspecified atom stereocenters. The summed E-state index contributed by atoms with van der Waals surface area (Å²) in [5.41, 5.74) is 4.59. The molecular weight excluding hydrogens is 327 g/mol. The first-order valence-electron chi connectivity index (χ1n) is 4.55. The average molecular weight is 345 g/mol. The molecule has 0 N–H and O–H groups in total. The molecule has 1 heteroatoms. The van der Waals surface area contributed by atoms with Gasteiger partial charge in [-0.05, 0) is 52.0 Å². The van der Waals surface area contributed by atoms with Crippen LogP contribution in [0.4, 0.5) is 0 Å². The predicted molar refractivity (Wildman–Crippen MR) is 50.6 cm³/mol. The SMILES string of the molecule is CC1=CCCCCC(C)=C1C.[Pt]. The minimum Gasteiger partial charge on any atom is -0.0813 e. The van der Waals surface area contributed by atoms with Crippen LogP contribution < -0.4 is 0 Å². The fourth-order valence-electron chi connectivity index (χ4n) is 1.53. The molecule has 0 bridgehead atoms. The van der Waals surface area contributed by atoms with Crippen LogP contribution in [0.1, 0.15) is 46.5 Å². The van der Waals surface area contributed by atoms with Crippen molar-refractivity contribution in [1.82, 2.24) is 0 Å². The van der Waals surface area contributed by atoms with Crippen molar-refractivity contribution in [2.75, 3.05) is 0 Å². The van der Waals surface area contributed by atoms with Crippen molar-refractivity contribution in [2.24, 2.45) is 0 Å². The molecule has 0 aromatic carbocycles. The smallest absolute Gasteiger partial charge is 0 e. The second-order valence-corrected chi connectivity index (χ2v) is 3.54. The van der Waals surface area contributed by atoms with E-state index in [0.29, 0.717) is 0 Å². The first-order valence-corrected chi connectivity index (χ1v) is 4.55. The molecule has 0 saturated carbocycles. The van der Waals surface area contributed by atoms with Gasteiger partial charge in [-0.1, -0.05) is 17.2 Å². The zero-order valence-corrected chi connectivity index (χ0v) is 10.5. The third kappa shape index (κ3) is 3.27. The zero-order chi connectivity index (χ0) is 8.27. The molecule has 0 radical (unpaired) electrons. The Labute approximate surface area is 90.4 Å². The predicted octanol–water partition coefficient (Wildman–Crippen LogP) is 3.84. The summed E-state index contributed by atoms with van der Waals surface area (Å²) in [5.74, 6) is 0. The molecule has 0 spiro atoms. The monoisotopic (exact) mass is 345 g/mol. The van der Waals surface area contributed by atoms with Crippen LogP contribution >= 0.6 is 0 Å². The van der Waals surface area contributed by atoms with Crippen molar-refractivity contribution < 1.29 is 21.1 Å². The molecule has 0 fully saturated rings. The molecule has 0 atom stereocenters. The van der Waals surface area contributed by atoms with Gasteiger partial charge in [-0.25, -0.2) is 0 Å². The minimum atomic E-state index is 0. The molecule has 1 aliphatic carbocycles. The van der Waals surface area contributed by atoms with Crippen LogP contribution in [0.5, 0.6) is 0 Å². The van der Waals surface area contributed by atoms with E-state index in [2.05, 4.69) is 26.8 Å². The van der Waals surface area contributed by atoms with Crippen molar-refractivity contribution in [3.8, 4) is 0 Å². The topological polar surface area (TPSA) is 0 Å². The Bertz CT molecular complexity index is 199. The maximum atomic E-state index is 2.37. The molecule has 0 aliphatic heterocycles. The Balaban J connectivity index is 0.00000121. The van der Waals surface area contributed by atoms with Gasteiger partial charge >= 0.3 is 0 Å².